The normalized spacial score (nSPS) is 32.3. The van der Waals surface area contributed by atoms with Crippen LogP contribution in [0.5, 0.6) is 0 Å². The molecule has 0 spiro atoms. The molecule has 18 heavy (non-hydrogen) atoms. The molecule has 0 aromatic heterocycles. The SMILES string of the molecule is CC1CCC(C)N(C(=O)CC2(N)CCCCC2)C1. The summed E-state index contributed by atoms with van der Waals surface area (Å²) in [5.41, 5.74) is 6.19. The van der Waals surface area contributed by atoms with Crippen LogP contribution in [0.2, 0.25) is 0 Å². The first-order valence-electron chi connectivity index (χ1n) is 7.58. The molecule has 2 aliphatic rings. The molecule has 2 atom stereocenters. The van der Waals surface area contributed by atoms with Gasteiger partial charge in [-0.1, -0.05) is 26.2 Å². The van der Waals surface area contributed by atoms with E-state index in [4.69, 9.17) is 5.73 Å². The Bertz CT molecular complexity index is 297. The maximum Gasteiger partial charge on any atom is 0.224 e. The third-order valence-corrected chi connectivity index (χ3v) is 4.79. The predicted octanol–water partition coefficient (Wildman–Crippen LogP) is 2.69. The fraction of sp³-hybridized carbons (Fsp3) is 0.933. The van der Waals surface area contributed by atoms with Crippen molar-refractivity contribution in [1.82, 2.24) is 4.90 Å². The van der Waals surface area contributed by atoms with Crippen molar-refractivity contribution in [2.24, 2.45) is 11.7 Å². The van der Waals surface area contributed by atoms with Crippen LogP contribution >= 0.6 is 0 Å². The summed E-state index contributed by atoms with van der Waals surface area (Å²) in [4.78, 5) is 14.6. The van der Waals surface area contributed by atoms with Crippen LogP contribution in [0.15, 0.2) is 0 Å². The van der Waals surface area contributed by atoms with E-state index in [1.807, 2.05) is 0 Å². The number of rotatable bonds is 2. The maximum atomic E-state index is 12.5. The molecule has 2 rings (SSSR count). The van der Waals surface area contributed by atoms with Crippen molar-refractivity contribution in [3.63, 3.8) is 0 Å². The lowest BCUT2D eigenvalue weighted by molar-refractivity contribution is -0.137. The Balaban J connectivity index is 1.93. The van der Waals surface area contributed by atoms with Crippen LogP contribution < -0.4 is 5.73 Å². The minimum atomic E-state index is -0.213. The molecule has 3 nitrogen and oxygen atoms in total. The maximum absolute atomic E-state index is 12.5. The molecule has 2 unspecified atom stereocenters. The van der Waals surface area contributed by atoms with Crippen molar-refractivity contribution in [2.75, 3.05) is 6.54 Å². The van der Waals surface area contributed by atoms with Gasteiger partial charge in [-0.05, 0) is 38.5 Å². The Hall–Kier alpha value is -0.570. The van der Waals surface area contributed by atoms with Gasteiger partial charge < -0.3 is 10.6 Å². The van der Waals surface area contributed by atoms with E-state index < -0.39 is 0 Å². The molecular formula is C15H28N2O. The molecule has 0 aromatic carbocycles. The van der Waals surface area contributed by atoms with E-state index in [9.17, 15) is 4.79 Å². The molecule has 1 amide bonds. The summed E-state index contributed by atoms with van der Waals surface area (Å²) >= 11 is 0. The smallest absolute Gasteiger partial charge is 0.224 e. The summed E-state index contributed by atoms with van der Waals surface area (Å²) < 4.78 is 0. The number of piperidine rings is 1. The third kappa shape index (κ3) is 3.25. The highest BCUT2D eigenvalue weighted by molar-refractivity contribution is 5.78. The highest BCUT2D eigenvalue weighted by atomic mass is 16.2. The Labute approximate surface area is 111 Å². The summed E-state index contributed by atoms with van der Waals surface area (Å²) in [6, 6.07) is 0.404. The van der Waals surface area contributed by atoms with Crippen LogP contribution in [0, 0.1) is 5.92 Å². The highest BCUT2D eigenvalue weighted by Crippen LogP contribution is 2.30. The third-order valence-electron chi connectivity index (χ3n) is 4.79. The molecule has 1 aliphatic carbocycles. The van der Waals surface area contributed by atoms with Gasteiger partial charge in [-0.15, -0.1) is 0 Å². The van der Waals surface area contributed by atoms with Crippen molar-refractivity contribution in [3.8, 4) is 0 Å². The number of nitrogens with two attached hydrogens (primary N) is 1. The summed E-state index contributed by atoms with van der Waals surface area (Å²) in [7, 11) is 0. The fourth-order valence-electron chi connectivity index (χ4n) is 3.47. The molecule has 1 saturated heterocycles. The first kappa shape index (κ1) is 13.9. The standard InChI is InChI=1S/C15H28N2O/c1-12-6-7-13(2)17(11-12)14(18)10-15(16)8-4-3-5-9-15/h12-13H,3-11,16H2,1-2H3. The van der Waals surface area contributed by atoms with Gasteiger partial charge in [0, 0.05) is 24.5 Å². The van der Waals surface area contributed by atoms with E-state index in [0.29, 0.717) is 24.3 Å². The fourth-order valence-corrected chi connectivity index (χ4v) is 3.47. The average molecular weight is 252 g/mol. The molecule has 2 fully saturated rings. The minimum absolute atomic E-state index is 0.213. The second-order valence-electron chi connectivity index (χ2n) is 6.68. The van der Waals surface area contributed by atoms with Crippen molar-refractivity contribution in [2.45, 2.75) is 76.8 Å². The number of hydrogen-bond acceptors (Lipinski definition) is 2. The van der Waals surface area contributed by atoms with Gasteiger partial charge in [0.1, 0.15) is 0 Å². The quantitative estimate of drug-likeness (QED) is 0.821. The summed E-state index contributed by atoms with van der Waals surface area (Å²) in [5.74, 6) is 0.934. The van der Waals surface area contributed by atoms with Gasteiger partial charge in [0.05, 0.1) is 0 Å². The molecule has 0 bridgehead atoms. The van der Waals surface area contributed by atoms with Gasteiger partial charge in [-0.2, -0.15) is 0 Å². The van der Waals surface area contributed by atoms with Crippen LogP contribution in [0.1, 0.15) is 65.2 Å². The second-order valence-corrected chi connectivity index (χ2v) is 6.68. The van der Waals surface area contributed by atoms with Crippen molar-refractivity contribution in [3.05, 3.63) is 0 Å². The Kier molecular flexibility index (Phi) is 4.31. The monoisotopic (exact) mass is 252 g/mol. The molecule has 2 N–H and O–H groups in total. The molecule has 0 radical (unpaired) electrons. The molecule has 1 saturated carbocycles. The summed E-state index contributed by atoms with van der Waals surface area (Å²) in [6.07, 6.45) is 8.66. The Morgan fingerprint density at radius 3 is 2.56 bits per heavy atom. The van der Waals surface area contributed by atoms with E-state index in [1.165, 1.54) is 25.7 Å². The lowest BCUT2D eigenvalue weighted by Crippen LogP contribution is -2.51. The first-order chi connectivity index (χ1) is 8.50. The number of nitrogens with zero attached hydrogens (tertiary/aromatic N) is 1. The minimum Gasteiger partial charge on any atom is -0.340 e. The number of carbonyl (C=O) groups excluding carboxylic acids is 1. The summed E-state index contributed by atoms with van der Waals surface area (Å²) in [5, 5.41) is 0. The first-order valence-corrected chi connectivity index (χ1v) is 7.58. The zero-order valence-corrected chi connectivity index (χ0v) is 12.0. The topological polar surface area (TPSA) is 46.3 Å². The van der Waals surface area contributed by atoms with Crippen LogP contribution in [-0.4, -0.2) is 28.9 Å². The second kappa shape index (κ2) is 5.60. The highest BCUT2D eigenvalue weighted by Gasteiger charge is 2.34. The molecule has 1 aliphatic heterocycles. The Morgan fingerprint density at radius 1 is 1.22 bits per heavy atom. The van der Waals surface area contributed by atoms with Gasteiger partial charge in [-0.25, -0.2) is 0 Å². The van der Waals surface area contributed by atoms with Gasteiger partial charge in [0.15, 0.2) is 0 Å². The molecule has 104 valence electrons. The Morgan fingerprint density at radius 2 is 1.89 bits per heavy atom. The molecule has 3 heteroatoms. The van der Waals surface area contributed by atoms with Crippen molar-refractivity contribution >= 4 is 5.91 Å². The van der Waals surface area contributed by atoms with Crippen LogP contribution in [0.25, 0.3) is 0 Å². The van der Waals surface area contributed by atoms with Crippen molar-refractivity contribution < 1.29 is 4.79 Å². The van der Waals surface area contributed by atoms with E-state index in [0.717, 1.165) is 25.8 Å². The van der Waals surface area contributed by atoms with Gasteiger partial charge in [-0.3, -0.25) is 4.79 Å². The lowest BCUT2D eigenvalue weighted by atomic mass is 9.79. The summed E-state index contributed by atoms with van der Waals surface area (Å²) in [6.45, 7) is 5.34. The van der Waals surface area contributed by atoms with Gasteiger partial charge >= 0.3 is 0 Å². The zero-order valence-electron chi connectivity index (χ0n) is 12.0. The van der Waals surface area contributed by atoms with E-state index in [1.54, 1.807) is 0 Å². The lowest BCUT2D eigenvalue weighted by Gasteiger charge is -2.40. The van der Waals surface area contributed by atoms with Crippen LogP contribution in [-0.2, 0) is 4.79 Å². The predicted molar refractivity (Wildman–Crippen MR) is 74.2 cm³/mol. The largest absolute Gasteiger partial charge is 0.340 e. The van der Waals surface area contributed by atoms with Crippen LogP contribution in [0.3, 0.4) is 0 Å². The zero-order chi connectivity index (χ0) is 13.2. The number of carbonyl (C=O) groups is 1. The van der Waals surface area contributed by atoms with E-state index in [-0.39, 0.29) is 5.54 Å². The van der Waals surface area contributed by atoms with Crippen molar-refractivity contribution in [1.29, 1.82) is 0 Å². The molecule has 0 aromatic rings. The van der Waals surface area contributed by atoms with E-state index >= 15 is 0 Å². The van der Waals surface area contributed by atoms with E-state index in [2.05, 4.69) is 18.7 Å². The number of amides is 1. The number of likely N-dealkylation sites (tertiary alicyclic amines) is 1. The van der Waals surface area contributed by atoms with Gasteiger partial charge in [0.25, 0.3) is 0 Å². The number of hydrogen-bond donors (Lipinski definition) is 1. The molecular weight excluding hydrogens is 224 g/mol. The average Bonchev–Trinajstić information content (AvgIpc) is 2.32. The molecule has 1 heterocycles. The van der Waals surface area contributed by atoms with Crippen LogP contribution in [0.4, 0.5) is 0 Å². The van der Waals surface area contributed by atoms with Gasteiger partial charge in [0.2, 0.25) is 5.91 Å².